The molecular formula is C15H23N3O. The summed E-state index contributed by atoms with van der Waals surface area (Å²) in [5.74, 6) is -0.118. The summed E-state index contributed by atoms with van der Waals surface area (Å²) in [7, 11) is 0. The van der Waals surface area contributed by atoms with Crippen LogP contribution in [-0.2, 0) is 4.79 Å². The van der Waals surface area contributed by atoms with Crippen LogP contribution in [-0.4, -0.2) is 19.0 Å². The highest BCUT2D eigenvalue weighted by Crippen LogP contribution is 2.24. The van der Waals surface area contributed by atoms with Crippen molar-refractivity contribution in [3.05, 3.63) is 29.8 Å². The first kappa shape index (κ1) is 13.9. The Labute approximate surface area is 114 Å². The Balaban J connectivity index is 1.98. The Morgan fingerprint density at radius 1 is 1.32 bits per heavy atom. The Morgan fingerprint density at radius 3 is 2.37 bits per heavy atom. The topological polar surface area (TPSA) is 72.3 Å². The summed E-state index contributed by atoms with van der Waals surface area (Å²) in [5, 5.41) is 0. The summed E-state index contributed by atoms with van der Waals surface area (Å²) in [4.78, 5) is 13.4. The van der Waals surface area contributed by atoms with Gasteiger partial charge >= 0.3 is 0 Å². The van der Waals surface area contributed by atoms with E-state index >= 15 is 0 Å². The van der Waals surface area contributed by atoms with Crippen molar-refractivity contribution < 1.29 is 4.79 Å². The van der Waals surface area contributed by atoms with Gasteiger partial charge in [0, 0.05) is 30.7 Å². The Kier molecular flexibility index (Phi) is 4.43. The van der Waals surface area contributed by atoms with E-state index in [0.717, 1.165) is 32.4 Å². The zero-order valence-electron chi connectivity index (χ0n) is 11.5. The predicted molar refractivity (Wildman–Crippen MR) is 77.8 cm³/mol. The third-order valence-electron chi connectivity index (χ3n) is 4.02. The maximum atomic E-state index is 11.1. The van der Waals surface area contributed by atoms with Gasteiger partial charge in [0.1, 0.15) is 0 Å². The molecule has 2 rings (SSSR count). The molecule has 1 aliphatic rings. The molecule has 1 atom stereocenters. The SMILES string of the molecule is CC[C@@H](N)c1ccc(N2CCC(C(N)=O)CC2)cc1. The molecule has 0 aliphatic carbocycles. The molecule has 4 N–H and O–H groups in total. The highest BCUT2D eigenvalue weighted by Gasteiger charge is 2.23. The molecule has 1 aromatic rings. The minimum Gasteiger partial charge on any atom is -0.371 e. The number of hydrogen-bond acceptors (Lipinski definition) is 3. The van der Waals surface area contributed by atoms with E-state index in [-0.39, 0.29) is 17.9 Å². The van der Waals surface area contributed by atoms with Crippen molar-refractivity contribution in [2.24, 2.45) is 17.4 Å². The molecule has 0 radical (unpaired) electrons. The Morgan fingerprint density at radius 2 is 1.89 bits per heavy atom. The molecule has 4 heteroatoms. The normalized spacial score (nSPS) is 18.3. The fraction of sp³-hybridized carbons (Fsp3) is 0.533. The van der Waals surface area contributed by atoms with Gasteiger partial charge in [-0.25, -0.2) is 0 Å². The number of hydrogen-bond donors (Lipinski definition) is 2. The molecular weight excluding hydrogens is 238 g/mol. The van der Waals surface area contributed by atoms with Crippen LogP contribution in [0.2, 0.25) is 0 Å². The summed E-state index contributed by atoms with van der Waals surface area (Å²) in [6, 6.07) is 8.56. The lowest BCUT2D eigenvalue weighted by atomic mass is 9.95. The number of nitrogens with zero attached hydrogens (tertiary/aromatic N) is 1. The lowest BCUT2D eigenvalue weighted by Crippen LogP contribution is -2.38. The number of nitrogens with two attached hydrogens (primary N) is 2. The minimum atomic E-state index is -0.163. The molecule has 1 amide bonds. The van der Waals surface area contributed by atoms with Crippen molar-refractivity contribution in [3.8, 4) is 0 Å². The molecule has 0 saturated carbocycles. The maximum absolute atomic E-state index is 11.1. The van der Waals surface area contributed by atoms with Gasteiger partial charge in [-0.1, -0.05) is 19.1 Å². The molecule has 0 aromatic heterocycles. The van der Waals surface area contributed by atoms with Crippen LogP contribution in [0.4, 0.5) is 5.69 Å². The first-order chi connectivity index (χ1) is 9.11. The number of primary amides is 1. The zero-order chi connectivity index (χ0) is 13.8. The van der Waals surface area contributed by atoms with Crippen molar-refractivity contribution in [3.63, 3.8) is 0 Å². The van der Waals surface area contributed by atoms with E-state index in [1.165, 1.54) is 11.3 Å². The van der Waals surface area contributed by atoms with E-state index in [2.05, 4.69) is 36.1 Å². The molecule has 0 unspecified atom stereocenters. The number of piperidine rings is 1. The van der Waals surface area contributed by atoms with Gasteiger partial charge in [0.2, 0.25) is 5.91 Å². The van der Waals surface area contributed by atoms with Gasteiger partial charge in [0.05, 0.1) is 0 Å². The first-order valence-corrected chi connectivity index (χ1v) is 7.01. The van der Waals surface area contributed by atoms with Crippen LogP contribution in [0.25, 0.3) is 0 Å². The second-order valence-corrected chi connectivity index (χ2v) is 5.27. The van der Waals surface area contributed by atoms with E-state index in [1.807, 2.05) is 0 Å². The monoisotopic (exact) mass is 261 g/mol. The van der Waals surface area contributed by atoms with Crippen molar-refractivity contribution in [1.82, 2.24) is 0 Å². The van der Waals surface area contributed by atoms with Gasteiger partial charge in [-0.05, 0) is 37.0 Å². The van der Waals surface area contributed by atoms with Crippen molar-refractivity contribution in [1.29, 1.82) is 0 Å². The molecule has 1 aliphatic heterocycles. The zero-order valence-corrected chi connectivity index (χ0v) is 11.5. The fourth-order valence-corrected chi connectivity index (χ4v) is 2.59. The van der Waals surface area contributed by atoms with Gasteiger partial charge in [0.15, 0.2) is 0 Å². The van der Waals surface area contributed by atoms with Crippen LogP contribution < -0.4 is 16.4 Å². The highest BCUT2D eigenvalue weighted by atomic mass is 16.1. The average Bonchev–Trinajstić information content (AvgIpc) is 2.46. The largest absolute Gasteiger partial charge is 0.371 e. The van der Waals surface area contributed by atoms with E-state index in [1.54, 1.807) is 0 Å². The molecule has 1 saturated heterocycles. The fourth-order valence-electron chi connectivity index (χ4n) is 2.59. The standard InChI is InChI=1S/C15H23N3O/c1-2-14(16)11-3-5-13(6-4-11)18-9-7-12(8-10-18)15(17)19/h3-6,12,14H,2,7-10,16H2,1H3,(H2,17,19)/t14-/m1/s1. The molecule has 0 spiro atoms. The summed E-state index contributed by atoms with van der Waals surface area (Å²) in [6.07, 6.45) is 2.65. The number of carbonyl (C=O) groups excluding carboxylic acids is 1. The Hall–Kier alpha value is -1.55. The highest BCUT2D eigenvalue weighted by molar-refractivity contribution is 5.77. The number of rotatable bonds is 4. The van der Waals surface area contributed by atoms with Crippen molar-refractivity contribution in [2.75, 3.05) is 18.0 Å². The molecule has 1 aromatic carbocycles. The quantitative estimate of drug-likeness (QED) is 0.868. The number of benzene rings is 1. The summed E-state index contributed by atoms with van der Waals surface area (Å²) in [6.45, 7) is 3.88. The van der Waals surface area contributed by atoms with Crippen LogP contribution in [0.1, 0.15) is 37.8 Å². The third kappa shape index (κ3) is 3.26. The van der Waals surface area contributed by atoms with E-state index in [0.29, 0.717) is 0 Å². The average molecular weight is 261 g/mol. The summed E-state index contributed by atoms with van der Waals surface area (Å²) < 4.78 is 0. The summed E-state index contributed by atoms with van der Waals surface area (Å²) in [5.41, 5.74) is 13.7. The van der Waals surface area contributed by atoms with E-state index in [4.69, 9.17) is 11.5 Å². The number of carbonyl (C=O) groups is 1. The van der Waals surface area contributed by atoms with Crippen molar-refractivity contribution >= 4 is 11.6 Å². The predicted octanol–water partition coefficient (Wildman–Crippen LogP) is 1.80. The van der Waals surface area contributed by atoms with Crippen LogP contribution in [0.15, 0.2) is 24.3 Å². The summed E-state index contributed by atoms with van der Waals surface area (Å²) >= 11 is 0. The lowest BCUT2D eigenvalue weighted by Gasteiger charge is -2.32. The molecule has 1 heterocycles. The van der Waals surface area contributed by atoms with Crippen molar-refractivity contribution in [2.45, 2.75) is 32.2 Å². The second kappa shape index (κ2) is 6.06. The minimum absolute atomic E-state index is 0.0454. The van der Waals surface area contributed by atoms with Crippen LogP contribution in [0.5, 0.6) is 0 Å². The molecule has 19 heavy (non-hydrogen) atoms. The molecule has 0 bridgehead atoms. The van der Waals surface area contributed by atoms with Gasteiger partial charge in [-0.2, -0.15) is 0 Å². The van der Waals surface area contributed by atoms with Gasteiger partial charge in [0.25, 0.3) is 0 Å². The van der Waals surface area contributed by atoms with E-state index < -0.39 is 0 Å². The Bertz CT molecular complexity index is 422. The lowest BCUT2D eigenvalue weighted by molar-refractivity contribution is -0.122. The molecule has 4 nitrogen and oxygen atoms in total. The number of anilines is 1. The molecule has 1 fully saturated rings. The number of amides is 1. The smallest absolute Gasteiger partial charge is 0.220 e. The van der Waals surface area contributed by atoms with Gasteiger partial charge in [-0.3, -0.25) is 4.79 Å². The van der Waals surface area contributed by atoms with Gasteiger partial charge in [-0.15, -0.1) is 0 Å². The second-order valence-electron chi connectivity index (χ2n) is 5.27. The van der Waals surface area contributed by atoms with Gasteiger partial charge < -0.3 is 16.4 Å². The van der Waals surface area contributed by atoms with E-state index in [9.17, 15) is 4.79 Å². The molecule has 104 valence electrons. The first-order valence-electron chi connectivity index (χ1n) is 7.01. The third-order valence-corrected chi connectivity index (χ3v) is 4.02. The van der Waals surface area contributed by atoms with Crippen LogP contribution >= 0.6 is 0 Å². The van der Waals surface area contributed by atoms with Crippen LogP contribution in [0, 0.1) is 5.92 Å². The van der Waals surface area contributed by atoms with Crippen LogP contribution in [0.3, 0.4) is 0 Å². The maximum Gasteiger partial charge on any atom is 0.220 e.